The summed E-state index contributed by atoms with van der Waals surface area (Å²) >= 11 is 6.04. The Balaban J connectivity index is 1.89. The molecule has 0 aliphatic carbocycles. The molecule has 0 aromatic heterocycles. The number of carbonyl (C=O) groups excluding carboxylic acids is 2. The number of hydrogen-bond donors (Lipinski definition) is 1. The van der Waals surface area contributed by atoms with E-state index in [1.54, 1.807) is 65.8 Å². The fourth-order valence-corrected chi connectivity index (χ4v) is 2.99. The lowest BCUT2D eigenvalue weighted by Crippen LogP contribution is -2.40. The largest absolute Gasteiger partial charge is 0.333 e. The quantitative estimate of drug-likeness (QED) is 0.338. The molecule has 6 nitrogen and oxygen atoms in total. The van der Waals surface area contributed by atoms with E-state index in [0.717, 1.165) is 10.5 Å². The minimum absolute atomic E-state index is 0.281. The van der Waals surface area contributed by atoms with Crippen LogP contribution in [0.25, 0.3) is 0 Å². The molecule has 0 heterocycles. The van der Waals surface area contributed by atoms with Gasteiger partial charge in [-0.05, 0) is 60.2 Å². The molecule has 0 spiro atoms. The highest BCUT2D eigenvalue weighted by Crippen LogP contribution is 2.22. The van der Waals surface area contributed by atoms with E-state index in [-0.39, 0.29) is 5.56 Å². The van der Waals surface area contributed by atoms with Crippen LogP contribution in [0.4, 0.5) is 16.2 Å². The van der Waals surface area contributed by atoms with Crippen molar-refractivity contribution < 1.29 is 9.59 Å². The number of terminal acetylenes is 1. The van der Waals surface area contributed by atoms with Crippen LogP contribution in [0, 0.1) is 12.3 Å². The van der Waals surface area contributed by atoms with E-state index in [4.69, 9.17) is 18.0 Å². The third-order valence-electron chi connectivity index (χ3n) is 4.37. The molecule has 3 aromatic rings. The summed E-state index contributed by atoms with van der Waals surface area (Å²) in [6.07, 6.45) is 7.12. The van der Waals surface area contributed by atoms with Gasteiger partial charge in [0.05, 0.1) is 11.9 Å². The van der Waals surface area contributed by atoms with E-state index in [1.165, 1.54) is 6.07 Å². The van der Waals surface area contributed by atoms with Gasteiger partial charge in [-0.2, -0.15) is 5.10 Å². The molecule has 32 heavy (non-hydrogen) atoms. The van der Waals surface area contributed by atoms with Gasteiger partial charge in [-0.1, -0.05) is 35.7 Å². The Labute approximate surface area is 192 Å². The molecule has 0 bridgehead atoms. The van der Waals surface area contributed by atoms with Crippen molar-refractivity contribution in [3.05, 3.63) is 94.5 Å². The predicted octanol–water partition coefficient (Wildman–Crippen LogP) is 5.10. The summed E-state index contributed by atoms with van der Waals surface area (Å²) in [4.78, 5) is 27.4. The first-order valence-corrected chi connectivity index (χ1v) is 10.0. The van der Waals surface area contributed by atoms with Crippen molar-refractivity contribution in [3.8, 4) is 12.3 Å². The molecule has 3 rings (SSSR count). The second-order valence-corrected chi connectivity index (χ2v) is 7.42. The number of imide groups is 1. The van der Waals surface area contributed by atoms with Crippen molar-refractivity contribution in [1.29, 1.82) is 0 Å². The SMILES string of the molecule is C#Cc1ccc(N(C(=O)Nc2ccc(C=NN(C)C)cc2)C(=O)c2cccc(Cl)c2)cc1. The number of urea groups is 1. The Hall–Kier alpha value is -4.08. The highest BCUT2D eigenvalue weighted by molar-refractivity contribution is 6.31. The normalized spacial score (nSPS) is 10.4. The molecule has 0 fully saturated rings. The minimum Gasteiger partial charge on any atom is -0.307 e. The number of nitrogens with zero attached hydrogens (tertiary/aromatic N) is 3. The van der Waals surface area contributed by atoms with Crippen molar-refractivity contribution in [3.63, 3.8) is 0 Å². The van der Waals surface area contributed by atoms with E-state index < -0.39 is 11.9 Å². The molecule has 1 N–H and O–H groups in total. The van der Waals surface area contributed by atoms with Crippen molar-refractivity contribution in [2.24, 2.45) is 5.10 Å². The second-order valence-electron chi connectivity index (χ2n) is 6.99. The molecular weight excluding hydrogens is 424 g/mol. The van der Waals surface area contributed by atoms with Crippen LogP contribution >= 0.6 is 11.6 Å². The summed E-state index contributed by atoms with van der Waals surface area (Å²) in [6, 6.07) is 19.5. The van der Waals surface area contributed by atoms with Crippen LogP contribution in [0.2, 0.25) is 5.02 Å². The van der Waals surface area contributed by atoms with Gasteiger partial charge in [-0.15, -0.1) is 6.42 Å². The van der Waals surface area contributed by atoms with Crippen LogP contribution in [-0.4, -0.2) is 37.3 Å². The van der Waals surface area contributed by atoms with Crippen molar-refractivity contribution in [2.75, 3.05) is 24.3 Å². The Kier molecular flexibility index (Phi) is 7.27. The van der Waals surface area contributed by atoms with Gasteiger partial charge in [-0.3, -0.25) is 4.79 Å². The molecule has 7 heteroatoms. The molecule has 0 radical (unpaired) electrons. The molecule has 0 saturated heterocycles. The zero-order valence-electron chi connectivity index (χ0n) is 17.6. The zero-order chi connectivity index (χ0) is 23.1. The lowest BCUT2D eigenvalue weighted by Gasteiger charge is -2.22. The average molecular weight is 445 g/mol. The predicted molar refractivity (Wildman–Crippen MR) is 129 cm³/mol. The highest BCUT2D eigenvalue weighted by atomic mass is 35.5. The van der Waals surface area contributed by atoms with Gasteiger partial charge in [0, 0.05) is 35.9 Å². The first-order chi connectivity index (χ1) is 15.4. The fourth-order valence-electron chi connectivity index (χ4n) is 2.80. The molecule has 3 aromatic carbocycles. The molecule has 160 valence electrons. The smallest absolute Gasteiger partial charge is 0.307 e. The number of halogens is 1. The standard InChI is InChI=1S/C25H21ClN4O2/c1-4-18-10-14-23(15-11-18)30(24(31)20-6-5-7-21(26)16-20)25(32)28-22-12-8-19(9-13-22)17-27-29(2)3/h1,5-17H,2-3H3,(H,28,32). The first kappa shape index (κ1) is 22.6. The Morgan fingerprint density at radius 3 is 2.31 bits per heavy atom. The molecule has 0 atom stereocenters. The molecular formula is C25H21ClN4O2. The van der Waals surface area contributed by atoms with Gasteiger partial charge in [0.25, 0.3) is 5.91 Å². The number of hydrogen-bond acceptors (Lipinski definition) is 4. The third-order valence-corrected chi connectivity index (χ3v) is 4.60. The summed E-state index contributed by atoms with van der Waals surface area (Å²) in [6.45, 7) is 0. The molecule has 0 unspecified atom stereocenters. The van der Waals surface area contributed by atoms with Gasteiger partial charge in [0.15, 0.2) is 0 Å². The van der Waals surface area contributed by atoms with E-state index in [2.05, 4.69) is 16.3 Å². The van der Waals surface area contributed by atoms with E-state index in [1.807, 2.05) is 26.2 Å². The van der Waals surface area contributed by atoms with Crippen LogP contribution < -0.4 is 10.2 Å². The lowest BCUT2D eigenvalue weighted by molar-refractivity contribution is 0.0995. The lowest BCUT2D eigenvalue weighted by atomic mass is 10.1. The first-order valence-electron chi connectivity index (χ1n) is 9.66. The summed E-state index contributed by atoms with van der Waals surface area (Å²) in [5.41, 5.74) is 2.69. The number of hydrazone groups is 1. The topological polar surface area (TPSA) is 65.0 Å². The van der Waals surface area contributed by atoms with Crippen molar-refractivity contribution in [2.45, 2.75) is 0 Å². The highest BCUT2D eigenvalue weighted by Gasteiger charge is 2.25. The van der Waals surface area contributed by atoms with Crippen LogP contribution in [0.3, 0.4) is 0 Å². The van der Waals surface area contributed by atoms with Crippen LogP contribution in [0.5, 0.6) is 0 Å². The van der Waals surface area contributed by atoms with Crippen molar-refractivity contribution in [1.82, 2.24) is 5.01 Å². The maximum atomic E-state index is 13.2. The van der Waals surface area contributed by atoms with E-state index in [9.17, 15) is 9.59 Å². The number of benzene rings is 3. The molecule has 0 aliphatic rings. The van der Waals surface area contributed by atoms with Gasteiger partial charge >= 0.3 is 6.03 Å². The van der Waals surface area contributed by atoms with Crippen LogP contribution in [-0.2, 0) is 0 Å². The molecule has 0 aliphatic heterocycles. The Bertz CT molecular complexity index is 1180. The fraction of sp³-hybridized carbons (Fsp3) is 0.0800. The second kappa shape index (κ2) is 10.3. The maximum Gasteiger partial charge on any atom is 0.333 e. The van der Waals surface area contributed by atoms with Crippen LogP contribution in [0.1, 0.15) is 21.5 Å². The van der Waals surface area contributed by atoms with Gasteiger partial charge < -0.3 is 10.3 Å². The number of rotatable bonds is 5. The third kappa shape index (κ3) is 5.75. The monoisotopic (exact) mass is 444 g/mol. The number of nitrogens with one attached hydrogen (secondary N) is 1. The maximum absolute atomic E-state index is 13.2. The van der Waals surface area contributed by atoms with Gasteiger partial charge in [0.2, 0.25) is 0 Å². The van der Waals surface area contributed by atoms with E-state index in [0.29, 0.717) is 22.0 Å². The summed E-state index contributed by atoms with van der Waals surface area (Å²) in [5, 5.41) is 9.02. The number of anilines is 2. The van der Waals surface area contributed by atoms with Crippen LogP contribution in [0.15, 0.2) is 77.9 Å². The number of amides is 3. The Morgan fingerprint density at radius 2 is 1.72 bits per heavy atom. The average Bonchev–Trinajstić information content (AvgIpc) is 2.79. The summed E-state index contributed by atoms with van der Waals surface area (Å²) in [5.74, 6) is 2.00. The molecule has 3 amide bonds. The minimum atomic E-state index is -0.613. The van der Waals surface area contributed by atoms with Gasteiger partial charge in [-0.25, -0.2) is 9.69 Å². The van der Waals surface area contributed by atoms with Gasteiger partial charge in [0.1, 0.15) is 0 Å². The Morgan fingerprint density at radius 1 is 1.03 bits per heavy atom. The molecule has 0 saturated carbocycles. The van der Waals surface area contributed by atoms with Crippen molar-refractivity contribution >= 4 is 41.1 Å². The summed E-state index contributed by atoms with van der Waals surface area (Å²) < 4.78 is 0. The zero-order valence-corrected chi connectivity index (χ0v) is 18.4. The number of carbonyl (C=O) groups is 2. The summed E-state index contributed by atoms with van der Waals surface area (Å²) in [7, 11) is 3.65. The van der Waals surface area contributed by atoms with E-state index >= 15 is 0 Å².